The van der Waals surface area contributed by atoms with Gasteiger partial charge in [-0.2, -0.15) is 0 Å². The second-order valence-corrected chi connectivity index (χ2v) is 8.26. The Balaban J connectivity index is 3.16. The van der Waals surface area contributed by atoms with E-state index in [0.29, 0.717) is 12.8 Å². The van der Waals surface area contributed by atoms with Crippen LogP contribution >= 0.6 is 0 Å². The molecule has 0 bridgehead atoms. The number of rotatable bonds is 8. The highest BCUT2D eigenvalue weighted by Crippen LogP contribution is 2.05. The van der Waals surface area contributed by atoms with Gasteiger partial charge in [0.2, 0.25) is 29.5 Å². The molecule has 0 radical (unpaired) electrons. The van der Waals surface area contributed by atoms with E-state index in [9.17, 15) is 24.0 Å². The molecule has 0 spiro atoms. The first-order valence-electron chi connectivity index (χ1n) is 11.5. The Kier molecular flexibility index (Phi) is 12.5. The van der Waals surface area contributed by atoms with E-state index in [2.05, 4.69) is 36.6 Å². The molecule has 13 N–H and O–H groups in total. The molecule has 1 aliphatic rings. The molecule has 0 aromatic heterocycles. The number of aliphatic imine (C=N–C) groups is 2. The van der Waals surface area contributed by atoms with Gasteiger partial charge in [0.1, 0.15) is 24.2 Å². The van der Waals surface area contributed by atoms with Crippen LogP contribution in [0.25, 0.3) is 0 Å². The Hall–Kier alpha value is -4.11. The smallest absolute Gasteiger partial charge is 0.243 e. The summed E-state index contributed by atoms with van der Waals surface area (Å²) in [5.41, 5.74) is 21.3. The van der Waals surface area contributed by atoms with E-state index >= 15 is 0 Å². The zero-order valence-electron chi connectivity index (χ0n) is 20.5. The first kappa shape index (κ1) is 29.9. The highest BCUT2D eigenvalue weighted by Gasteiger charge is 2.30. The van der Waals surface area contributed by atoms with Gasteiger partial charge in [0, 0.05) is 13.1 Å². The lowest BCUT2D eigenvalue weighted by Crippen LogP contribution is -2.57. The number of hydrogen-bond donors (Lipinski definition) is 9. The van der Waals surface area contributed by atoms with Gasteiger partial charge in [0.25, 0.3) is 0 Å². The zero-order valence-corrected chi connectivity index (χ0v) is 20.5. The van der Waals surface area contributed by atoms with Crippen molar-refractivity contribution in [3.05, 3.63) is 0 Å². The molecule has 16 nitrogen and oxygen atoms in total. The quantitative estimate of drug-likeness (QED) is 0.0857. The van der Waals surface area contributed by atoms with E-state index in [1.54, 1.807) is 0 Å². The Bertz CT molecular complexity index is 846. The highest BCUT2D eigenvalue weighted by atomic mass is 16.2. The van der Waals surface area contributed by atoms with Crippen LogP contribution in [-0.2, 0) is 24.0 Å². The summed E-state index contributed by atoms with van der Waals surface area (Å²) in [5.74, 6) is -3.36. The summed E-state index contributed by atoms with van der Waals surface area (Å²) in [5, 5.41) is 12.5. The summed E-state index contributed by atoms with van der Waals surface area (Å²) in [6.45, 7) is 2.88. The van der Waals surface area contributed by atoms with Crippen molar-refractivity contribution in [1.29, 1.82) is 0 Å². The second-order valence-electron chi connectivity index (χ2n) is 8.26. The summed E-state index contributed by atoms with van der Waals surface area (Å²) in [6, 6.07) is -4.11. The molecule has 16 heteroatoms. The third-order valence-electron chi connectivity index (χ3n) is 5.10. The summed E-state index contributed by atoms with van der Waals surface area (Å²) in [7, 11) is 0. The number of hydrogen-bond acceptors (Lipinski definition) is 7. The lowest BCUT2D eigenvalue weighted by atomic mass is 10.1. The molecular weight excluding hydrogens is 474 g/mol. The monoisotopic (exact) mass is 511 g/mol. The van der Waals surface area contributed by atoms with Crippen LogP contribution in [0.3, 0.4) is 0 Å². The van der Waals surface area contributed by atoms with Gasteiger partial charge in [0.15, 0.2) is 11.9 Å². The van der Waals surface area contributed by atoms with Crippen LogP contribution in [-0.4, -0.2) is 85.3 Å². The molecule has 0 unspecified atom stereocenters. The summed E-state index contributed by atoms with van der Waals surface area (Å²) < 4.78 is 0. The van der Waals surface area contributed by atoms with Crippen LogP contribution in [0.1, 0.15) is 39.5 Å². The normalized spacial score (nSPS) is 24.0. The maximum absolute atomic E-state index is 13.1. The third kappa shape index (κ3) is 11.3. The Labute approximate surface area is 208 Å². The average Bonchev–Trinajstić information content (AvgIpc) is 2.79. The molecule has 202 valence electrons. The molecule has 1 fully saturated rings. The Morgan fingerprint density at radius 2 is 1.14 bits per heavy atom. The van der Waals surface area contributed by atoms with Crippen LogP contribution < -0.4 is 49.5 Å². The molecule has 1 rings (SSSR count). The first-order chi connectivity index (χ1) is 16.9. The van der Waals surface area contributed by atoms with Crippen molar-refractivity contribution >= 4 is 41.5 Å². The fourth-order valence-corrected chi connectivity index (χ4v) is 3.17. The predicted molar refractivity (Wildman–Crippen MR) is 132 cm³/mol. The molecule has 0 saturated carbocycles. The SMILES string of the molecule is C[C@@H]1NC(=O)[C@H](CCCN=C(N)N)NC(=O)[C@@H](CCCN=C(N)N)NC(=O)[C@@H](C)NC(=O)CNC1=O. The van der Waals surface area contributed by atoms with Crippen molar-refractivity contribution in [1.82, 2.24) is 26.6 Å². The molecule has 36 heavy (non-hydrogen) atoms. The third-order valence-corrected chi connectivity index (χ3v) is 5.10. The van der Waals surface area contributed by atoms with E-state index < -0.39 is 60.2 Å². The molecular formula is C20H37N11O5. The van der Waals surface area contributed by atoms with Gasteiger partial charge in [-0.15, -0.1) is 0 Å². The number of carbonyl (C=O) groups excluding carboxylic acids is 5. The summed E-state index contributed by atoms with van der Waals surface area (Å²) in [4.78, 5) is 70.8. The number of nitrogens with zero attached hydrogens (tertiary/aromatic N) is 2. The van der Waals surface area contributed by atoms with E-state index in [1.807, 2.05) is 0 Å². The van der Waals surface area contributed by atoms with Crippen LogP contribution in [0.2, 0.25) is 0 Å². The van der Waals surface area contributed by atoms with Crippen LogP contribution in [0, 0.1) is 0 Å². The average molecular weight is 512 g/mol. The minimum absolute atomic E-state index is 0.114. The fourth-order valence-electron chi connectivity index (χ4n) is 3.17. The van der Waals surface area contributed by atoms with Gasteiger partial charge in [-0.1, -0.05) is 0 Å². The zero-order chi connectivity index (χ0) is 27.3. The van der Waals surface area contributed by atoms with Gasteiger partial charge < -0.3 is 49.5 Å². The minimum atomic E-state index is -1.05. The van der Waals surface area contributed by atoms with E-state index in [-0.39, 0.29) is 37.9 Å². The minimum Gasteiger partial charge on any atom is -0.370 e. The maximum atomic E-state index is 13.1. The van der Waals surface area contributed by atoms with Gasteiger partial charge in [-0.05, 0) is 39.5 Å². The molecule has 1 heterocycles. The number of nitrogens with one attached hydrogen (secondary N) is 5. The Morgan fingerprint density at radius 3 is 1.64 bits per heavy atom. The van der Waals surface area contributed by atoms with Crippen molar-refractivity contribution in [2.24, 2.45) is 32.9 Å². The van der Waals surface area contributed by atoms with Gasteiger partial charge in [0.05, 0.1) is 6.54 Å². The lowest BCUT2D eigenvalue weighted by molar-refractivity contribution is -0.134. The van der Waals surface area contributed by atoms with Gasteiger partial charge in [-0.25, -0.2) is 0 Å². The lowest BCUT2D eigenvalue weighted by Gasteiger charge is -2.24. The van der Waals surface area contributed by atoms with Gasteiger partial charge in [-0.3, -0.25) is 34.0 Å². The molecule has 4 atom stereocenters. The molecule has 0 aromatic rings. The van der Waals surface area contributed by atoms with Crippen LogP contribution in [0.5, 0.6) is 0 Å². The largest absolute Gasteiger partial charge is 0.370 e. The predicted octanol–water partition coefficient (Wildman–Crippen LogP) is -4.80. The second kappa shape index (κ2) is 15.0. The van der Waals surface area contributed by atoms with Crippen molar-refractivity contribution < 1.29 is 24.0 Å². The van der Waals surface area contributed by atoms with E-state index in [0.717, 1.165) is 0 Å². The first-order valence-corrected chi connectivity index (χ1v) is 11.5. The molecule has 1 aliphatic heterocycles. The van der Waals surface area contributed by atoms with Crippen molar-refractivity contribution in [3.8, 4) is 0 Å². The topological polar surface area (TPSA) is 274 Å². The highest BCUT2D eigenvalue weighted by molar-refractivity contribution is 5.96. The van der Waals surface area contributed by atoms with Crippen LogP contribution in [0.4, 0.5) is 0 Å². The molecule has 5 amide bonds. The summed E-state index contributed by atoms with van der Waals surface area (Å²) in [6.07, 6.45) is 0.975. The number of carbonyl (C=O) groups is 5. The van der Waals surface area contributed by atoms with E-state index in [1.165, 1.54) is 13.8 Å². The standard InChI is InChI=1S/C20H37N11O5/c1-10-15(33)27-9-14(32)28-11(2)16(34)30-13(6-4-8-26-20(23)24)18(36)31-12(17(35)29-10)5-3-7-25-19(21)22/h10-13H,3-9H2,1-2H3,(H,27,33)(H,28,32)(H,29,35)(H,30,34)(H,31,36)(H4,21,22,25)(H4,23,24,26)/t10-,11+,12-,13+/m0/s1. The molecule has 1 saturated heterocycles. The number of amides is 5. The number of nitrogens with two attached hydrogens (primary N) is 4. The number of guanidine groups is 2. The van der Waals surface area contributed by atoms with Crippen LogP contribution in [0.15, 0.2) is 9.98 Å². The van der Waals surface area contributed by atoms with Crippen molar-refractivity contribution in [2.75, 3.05) is 19.6 Å². The molecule has 0 aromatic carbocycles. The molecule has 0 aliphatic carbocycles. The van der Waals surface area contributed by atoms with Crippen molar-refractivity contribution in [3.63, 3.8) is 0 Å². The fraction of sp³-hybridized carbons (Fsp3) is 0.650. The summed E-state index contributed by atoms with van der Waals surface area (Å²) >= 11 is 0. The Morgan fingerprint density at radius 1 is 0.694 bits per heavy atom. The maximum Gasteiger partial charge on any atom is 0.243 e. The van der Waals surface area contributed by atoms with Crippen molar-refractivity contribution in [2.45, 2.75) is 63.7 Å². The van der Waals surface area contributed by atoms with Gasteiger partial charge >= 0.3 is 0 Å². The van der Waals surface area contributed by atoms with E-state index in [4.69, 9.17) is 22.9 Å².